The Bertz CT molecular complexity index is 1320. The average Bonchev–Trinajstić information content (AvgIpc) is 3.41. The van der Waals surface area contributed by atoms with Gasteiger partial charge in [0.15, 0.2) is 9.90 Å². The summed E-state index contributed by atoms with van der Waals surface area (Å²) in [7, 11) is 1.65. The third-order valence-electron chi connectivity index (χ3n) is 4.89. The van der Waals surface area contributed by atoms with Crippen LogP contribution in [0.2, 0.25) is 0 Å². The molecule has 3 amide bonds. The smallest absolute Gasteiger partial charge is 0.286 e. The summed E-state index contributed by atoms with van der Waals surface area (Å²) in [5, 5.41) is 1.36. The second-order valence-corrected chi connectivity index (χ2v) is 9.44. The average molecular weight is 483 g/mol. The third kappa shape index (κ3) is 3.48. The van der Waals surface area contributed by atoms with Crippen molar-refractivity contribution in [2.75, 3.05) is 17.7 Å². The molecule has 1 aromatic heterocycles. The predicted octanol–water partition coefficient (Wildman–Crippen LogP) is 3.20. The van der Waals surface area contributed by atoms with E-state index in [4.69, 9.17) is 16.6 Å². The molecule has 32 heavy (non-hydrogen) atoms. The van der Waals surface area contributed by atoms with E-state index in [-0.39, 0.29) is 26.5 Å². The maximum Gasteiger partial charge on any atom is 0.286 e. The number of amides is 3. The molecule has 1 fully saturated rings. The molecule has 3 heterocycles. The molecule has 0 saturated carbocycles. The first-order valence-corrected chi connectivity index (χ1v) is 11.6. The predicted molar refractivity (Wildman–Crippen MR) is 127 cm³/mol. The number of hydrogen-bond donors (Lipinski definition) is 1. The highest BCUT2D eigenvalue weighted by Crippen LogP contribution is 2.43. The topological polar surface area (TPSA) is 95.8 Å². The molecule has 0 radical (unpaired) electrons. The van der Waals surface area contributed by atoms with Crippen molar-refractivity contribution in [2.24, 2.45) is 0 Å². The van der Waals surface area contributed by atoms with Crippen LogP contribution in [-0.4, -0.2) is 44.8 Å². The van der Waals surface area contributed by atoms with Crippen LogP contribution in [0.15, 0.2) is 63.1 Å². The summed E-state index contributed by atoms with van der Waals surface area (Å²) in [6.45, 7) is 0. The monoisotopic (exact) mass is 482 g/mol. The van der Waals surface area contributed by atoms with E-state index in [1.165, 1.54) is 4.90 Å². The van der Waals surface area contributed by atoms with Gasteiger partial charge in [-0.15, -0.1) is 0 Å². The van der Waals surface area contributed by atoms with Gasteiger partial charge in [0, 0.05) is 12.6 Å². The Labute approximate surface area is 196 Å². The van der Waals surface area contributed by atoms with Gasteiger partial charge in [0.2, 0.25) is 5.91 Å². The van der Waals surface area contributed by atoms with E-state index in [0.29, 0.717) is 21.9 Å². The van der Waals surface area contributed by atoms with Gasteiger partial charge in [-0.1, -0.05) is 53.9 Å². The maximum absolute atomic E-state index is 13.0. The standard InChI is InChI=1S/C21H14N4O4S3/c1-24-13-8-4-2-6-11(13)16(18(24)27)17-19(28)25(21(30)32-17)23-15(26)10-31-20-22-12-7-3-5-9-14(12)29-20/h2-9H,10H2,1H3,(H,23,26). The third-order valence-corrected chi connectivity index (χ3v) is 7.09. The molecule has 0 aliphatic carbocycles. The van der Waals surface area contributed by atoms with Crippen LogP contribution in [0.4, 0.5) is 5.69 Å². The number of aromatic nitrogens is 1. The van der Waals surface area contributed by atoms with E-state index in [1.54, 1.807) is 25.2 Å². The van der Waals surface area contributed by atoms with E-state index in [1.807, 2.05) is 30.3 Å². The molecule has 3 aromatic rings. The zero-order valence-corrected chi connectivity index (χ0v) is 19.0. The Hall–Kier alpha value is -3.15. The molecule has 0 atom stereocenters. The van der Waals surface area contributed by atoms with Gasteiger partial charge in [-0.2, -0.15) is 5.01 Å². The summed E-state index contributed by atoms with van der Waals surface area (Å²) in [4.78, 5) is 44.3. The van der Waals surface area contributed by atoms with Gasteiger partial charge >= 0.3 is 0 Å². The van der Waals surface area contributed by atoms with Crippen LogP contribution < -0.4 is 10.3 Å². The summed E-state index contributed by atoms with van der Waals surface area (Å²) in [5.41, 5.74) is 5.52. The van der Waals surface area contributed by atoms with Crippen LogP contribution >= 0.6 is 35.7 Å². The van der Waals surface area contributed by atoms with Gasteiger partial charge in [0.1, 0.15) is 5.52 Å². The quantitative estimate of drug-likeness (QED) is 0.344. The fraction of sp³-hybridized carbons (Fsp3) is 0.0952. The second-order valence-electron chi connectivity index (χ2n) is 6.87. The van der Waals surface area contributed by atoms with Crippen molar-refractivity contribution < 1.29 is 18.8 Å². The first kappa shape index (κ1) is 20.7. The highest BCUT2D eigenvalue weighted by Gasteiger charge is 2.41. The molecule has 8 nitrogen and oxygen atoms in total. The number of rotatable bonds is 4. The lowest BCUT2D eigenvalue weighted by Gasteiger charge is -2.15. The minimum atomic E-state index is -0.534. The molecule has 0 spiro atoms. The molecule has 5 rings (SSSR count). The molecule has 2 aromatic carbocycles. The SMILES string of the molecule is CN1C(=O)C(=C2SC(=S)N(NC(=O)CSc3nc4ccccc4o3)C2=O)c2ccccc21. The van der Waals surface area contributed by atoms with E-state index in [9.17, 15) is 14.4 Å². The summed E-state index contributed by atoms with van der Waals surface area (Å²) in [5.74, 6) is -1.30. The number of thioether (sulfide) groups is 2. The van der Waals surface area contributed by atoms with Crippen LogP contribution in [0.3, 0.4) is 0 Å². The molecule has 2 aliphatic rings. The summed E-state index contributed by atoms with van der Waals surface area (Å²) in [6, 6.07) is 14.5. The second kappa shape index (κ2) is 8.08. The van der Waals surface area contributed by atoms with Crippen LogP contribution in [-0.2, 0) is 14.4 Å². The molecule has 11 heteroatoms. The van der Waals surface area contributed by atoms with Crippen molar-refractivity contribution in [3.63, 3.8) is 0 Å². The van der Waals surface area contributed by atoms with E-state index < -0.39 is 11.8 Å². The van der Waals surface area contributed by atoms with Crippen molar-refractivity contribution in [3.05, 3.63) is 59.0 Å². The number of likely N-dealkylation sites (N-methyl/N-ethyl adjacent to an activating group) is 1. The number of benzene rings is 2. The largest absolute Gasteiger partial charge is 0.431 e. The van der Waals surface area contributed by atoms with Crippen LogP contribution in [0.1, 0.15) is 5.56 Å². The van der Waals surface area contributed by atoms with Crippen LogP contribution in [0, 0.1) is 0 Å². The van der Waals surface area contributed by atoms with Gasteiger partial charge in [-0.25, -0.2) is 4.98 Å². The van der Waals surface area contributed by atoms with E-state index in [2.05, 4.69) is 10.4 Å². The lowest BCUT2D eigenvalue weighted by Crippen LogP contribution is -2.45. The lowest BCUT2D eigenvalue weighted by molar-refractivity contribution is -0.131. The molecular formula is C21H14N4O4S3. The summed E-state index contributed by atoms with van der Waals surface area (Å²) in [6.07, 6.45) is 0. The van der Waals surface area contributed by atoms with Gasteiger partial charge in [-0.05, 0) is 30.4 Å². The molecule has 0 unspecified atom stereocenters. The van der Waals surface area contributed by atoms with E-state index >= 15 is 0 Å². The Morgan fingerprint density at radius 3 is 2.72 bits per heavy atom. The fourth-order valence-electron chi connectivity index (χ4n) is 3.40. The molecule has 1 N–H and O–H groups in total. The van der Waals surface area contributed by atoms with Crippen molar-refractivity contribution in [1.29, 1.82) is 0 Å². The van der Waals surface area contributed by atoms with Gasteiger partial charge in [-0.3, -0.25) is 19.8 Å². The van der Waals surface area contributed by atoms with Crippen molar-refractivity contribution >= 4 is 80.1 Å². The minimum absolute atomic E-state index is 0.0275. The number of anilines is 1. The lowest BCUT2D eigenvalue weighted by atomic mass is 10.1. The first-order chi connectivity index (χ1) is 15.4. The first-order valence-electron chi connectivity index (χ1n) is 9.40. The van der Waals surface area contributed by atoms with E-state index in [0.717, 1.165) is 34.2 Å². The molecule has 160 valence electrons. The number of hydrogen-bond acceptors (Lipinski definition) is 8. The van der Waals surface area contributed by atoms with Crippen LogP contribution in [0.5, 0.6) is 0 Å². The van der Waals surface area contributed by atoms with Gasteiger partial charge in [0.05, 0.1) is 21.9 Å². The van der Waals surface area contributed by atoms with Gasteiger partial charge < -0.3 is 9.32 Å². The molecule has 2 aliphatic heterocycles. The maximum atomic E-state index is 13.0. The number of oxazole rings is 1. The highest BCUT2D eigenvalue weighted by atomic mass is 32.2. The number of hydrazine groups is 1. The Balaban J connectivity index is 1.32. The van der Waals surface area contributed by atoms with Gasteiger partial charge in [0.25, 0.3) is 17.0 Å². The number of carbonyl (C=O) groups excluding carboxylic acids is 3. The Morgan fingerprint density at radius 2 is 1.91 bits per heavy atom. The molecule has 1 saturated heterocycles. The normalized spacial score (nSPS) is 18.1. The van der Waals surface area contributed by atoms with Crippen molar-refractivity contribution in [3.8, 4) is 0 Å². The Morgan fingerprint density at radius 1 is 1.16 bits per heavy atom. The van der Waals surface area contributed by atoms with Crippen molar-refractivity contribution in [1.82, 2.24) is 15.4 Å². The molecular weight excluding hydrogens is 468 g/mol. The number of thiocarbonyl (C=S) groups is 1. The summed E-state index contributed by atoms with van der Waals surface area (Å²) >= 11 is 7.40. The number of carbonyl (C=O) groups is 3. The number of nitrogens with zero attached hydrogens (tertiary/aromatic N) is 3. The zero-order valence-electron chi connectivity index (χ0n) is 16.5. The zero-order chi connectivity index (χ0) is 22.4. The number of para-hydroxylation sites is 3. The minimum Gasteiger partial charge on any atom is -0.431 e. The highest BCUT2D eigenvalue weighted by molar-refractivity contribution is 8.26. The fourth-order valence-corrected chi connectivity index (χ4v) is 5.28. The summed E-state index contributed by atoms with van der Waals surface area (Å²) < 4.78 is 5.73. The Kier molecular flexibility index (Phi) is 5.24. The van der Waals surface area contributed by atoms with Crippen molar-refractivity contribution in [2.45, 2.75) is 5.22 Å². The number of nitrogens with one attached hydrogen (secondary N) is 1. The number of fused-ring (bicyclic) bond motifs is 2. The molecule has 0 bridgehead atoms. The van der Waals surface area contributed by atoms with Crippen LogP contribution in [0.25, 0.3) is 16.7 Å².